The lowest BCUT2D eigenvalue weighted by atomic mass is 9.92. The van der Waals surface area contributed by atoms with E-state index in [-0.39, 0.29) is 12.8 Å². The van der Waals surface area contributed by atoms with Crippen LogP contribution in [0.15, 0.2) is 30.3 Å². The van der Waals surface area contributed by atoms with E-state index < -0.39 is 29.5 Å². The maximum absolute atomic E-state index is 11.9. The van der Waals surface area contributed by atoms with Gasteiger partial charge in [0.25, 0.3) is 0 Å². The van der Waals surface area contributed by atoms with Crippen molar-refractivity contribution in [2.24, 2.45) is 11.7 Å². The summed E-state index contributed by atoms with van der Waals surface area (Å²) >= 11 is 0. The van der Waals surface area contributed by atoms with Gasteiger partial charge in [0.05, 0.1) is 5.92 Å². The average Bonchev–Trinajstić information content (AvgIpc) is 2.45. The maximum atomic E-state index is 11.9. The van der Waals surface area contributed by atoms with Crippen LogP contribution < -0.4 is 5.73 Å². The van der Waals surface area contributed by atoms with Gasteiger partial charge in [-0.1, -0.05) is 30.3 Å². The lowest BCUT2D eigenvalue weighted by Gasteiger charge is -2.23. The van der Waals surface area contributed by atoms with Gasteiger partial charge in [0, 0.05) is 12.1 Å². The van der Waals surface area contributed by atoms with Gasteiger partial charge in [-0.3, -0.25) is 9.59 Å². The van der Waals surface area contributed by atoms with Crippen LogP contribution in [0.4, 0.5) is 0 Å². The highest BCUT2D eigenvalue weighted by molar-refractivity contribution is 5.88. The standard InChI is InChI=1S/C18H26N2O4/c1-18(2,3)24-17(23)15(20)11-13(16(21)22)10-14(19)9-12-7-5-4-6-8-12/h4-8,13,15,19H,9-11,20H2,1-3H3,(H,21,22). The van der Waals surface area contributed by atoms with E-state index in [1.165, 1.54) is 0 Å². The molecule has 4 N–H and O–H groups in total. The summed E-state index contributed by atoms with van der Waals surface area (Å²) in [5.41, 5.74) is 6.35. The molecule has 6 nitrogen and oxygen atoms in total. The summed E-state index contributed by atoms with van der Waals surface area (Å²) in [5.74, 6) is -2.57. The number of ether oxygens (including phenoxy) is 1. The third kappa shape index (κ3) is 7.37. The molecule has 0 aromatic heterocycles. The zero-order valence-electron chi connectivity index (χ0n) is 14.4. The molecule has 0 aliphatic carbocycles. The van der Waals surface area contributed by atoms with Crippen molar-refractivity contribution >= 4 is 17.7 Å². The van der Waals surface area contributed by atoms with Gasteiger partial charge in [-0.05, 0) is 39.2 Å². The highest BCUT2D eigenvalue weighted by atomic mass is 16.6. The Hall–Kier alpha value is -2.21. The minimum absolute atomic E-state index is 0.0542. The molecule has 0 fully saturated rings. The first-order chi connectivity index (χ1) is 11.1. The number of aliphatic carboxylic acids is 1. The van der Waals surface area contributed by atoms with Gasteiger partial charge in [-0.15, -0.1) is 0 Å². The average molecular weight is 334 g/mol. The highest BCUT2D eigenvalue weighted by Gasteiger charge is 2.28. The van der Waals surface area contributed by atoms with Gasteiger partial charge in [0.1, 0.15) is 11.6 Å². The third-order valence-corrected chi connectivity index (χ3v) is 3.35. The fourth-order valence-corrected chi connectivity index (χ4v) is 2.26. The molecule has 2 unspecified atom stereocenters. The van der Waals surface area contributed by atoms with Crippen LogP contribution in [-0.2, 0) is 20.7 Å². The second-order valence-corrected chi connectivity index (χ2v) is 6.88. The van der Waals surface area contributed by atoms with E-state index in [4.69, 9.17) is 15.9 Å². The molecule has 0 saturated carbocycles. The van der Waals surface area contributed by atoms with Crippen LogP contribution >= 0.6 is 0 Å². The van der Waals surface area contributed by atoms with Crippen LogP contribution in [0.3, 0.4) is 0 Å². The Morgan fingerprint density at radius 1 is 1.25 bits per heavy atom. The second-order valence-electron chi connectivity index (χ2n) is 6.88. The lowest BCUT2D eigenvalue weighted by Crippen LogP contribution is -2.40. The Balaban J connectivity index is 2.62. The van der Waals surface area contributed by atoms with Gasteiger partial charge < -0.3 is 21.0 Å². The van der Waals surface area contributed by atoms with E-state index in [9.17, 15) is 14.7 Å². The summed E-state index contributed by atoms with van der Waals surface area (Å²) in [6, 6.07) is 8.38. The van der Waals surface area contributed by atoms with Gasteiger partial charge in [-0.25, -0.2) is 0 Å². The van der Waals surface area contributed by atoms with Gasteiger partial charge in [0.2, 0.25) is 0 Å². The number of carboxylic acid groups (broad SMARTS) is 1. The predicted molar refractivity (Wildman–Crippen MR) is 92.1 cm³/mol. The van der Waals surface area contributed by atoms with Crippen LogP contribution in [0.1, 0.15) is 39.2 Å². The quantitative estimate of drug-likeness (QED) is 0.499. The van der Waals surface area contributed by atoms with Gasteiger partial charge in [0.15, 0.2) is 0 Å². The fraction of sp³-hybridized carbons (Fsp3) is 0.500. The Labute approximate surface area is 142 Å². The van der Waals surface area contributed by atoms with Gasteiger partial charge in [-0.2, -0.15) is 0 Å². The summed E-state index contributed by atoms with van der Waals surface area (Å²) in [7, 11) is 0. The van der Waals surface area contributed by atoms with E-state index >= 15 is 0 Å². The Morgan fingerprint density at radius 2 is 1.83 bits per heavy atom. The molecule has 24 heavy (non-hydrogen) atoms. The molecule has 0 saturated heterocycles. The fourth-order valence-electron chi connectivity index (χ4n) is 2.26. The number of hydrogen-bond acceptors (Lipinski definition) is 5. The first-order valence-corrected chi connectivity index (χ1v) is 7.90. The minimum atomic E-state index is -1.06. The first kappa shape index (κ1) is 19.8. The zero-order valence-corrected chi connectivity index (χ0v) is 14.4. The molecule has 0 radical (unpaired) electrons. The van der Waals surface area contributed by atoms with E-state index in [0.29, 0.717) is 12.1 Å². The molecule has 1 rings (SSSR count). The van der Waals surface area contributed by atoms with Crippen molar-refractivity contribution < 1.29 is 19.4 Å². The number of hydrogen-bond donors (Lipinski definition) is 3. The zero-order chi connectivity index (χ0) is 18.3. The molecule has 0 heterocycles. The topological polar surface area (TPSA) is 113 Å². The van der Waals surface area contributed by atoms with Crippen molar-refractivity contribution in [2.75, 3.05) is 0 Å². The Morgan fingerprint density at radius 3 is 2.33 bits per heavy atom. The SMILES string of the molecule is CC(C)(C)OC(=O)C(N)CC(CC(=N)Cc1ccccc1)C(=O)O. The molecule has 0 spiro atoms. The maximum Gasteiger partial charge on any atom is 0.323 e. The number of benzene rings is 1. The van der Waals surface area contributed by atoms with Crippen molar-refractivity contribution in [1.29, 1.82) is 5.41 Å². The molecule has 2 atom stereocenters. The molecule has 6 heteroatoms. The van der Waals surface area contributed by atoms with Gasteiger partial charge >= 0.3 is 11.9 Å². The molecule has 0 aliphatic heterocycles. The van der Waals surface area contributed by atoms with Crippen molar-refractivity contribution in [3.63, 3.8) is 0 Å². The molecule has 1 aromatic carbocycles. The highest BCUT2D eigenvalue weighted by Crippen LogP contribution is 2.16. The minimum Gasteiger partial charge on any atom is -0.481 e. The van der Waals surface area contributed by atoms with E-state index in [2.05, 4.69) is 0 Å². The van der Waals surface area contributed by atoms with Crippen LogP contribution in [0.5, 0.6) is 0 Å². The summed E-state index contributed by atoms with van der Waals surface area (Å²) in [5, 5.41) is 17.4. The second kappa shape index (κ2) is 8.59. The largest absolute Gasteiger partial charge is 0.481 e. The normalized spacial score (nSPS) is 13.8. The number of carboxylic acids is 1. The number of nitrogens with one attached hydrogen (secondary N) is 1. The Bertz CT molecular complexity index is 578. The smallest absolute Gasteiger partial charge is 0.323 e. The van der Waals surface area contributed by atoms with Crippen molar-refractivity contribution in [2.45, 2.75) is 51.7 Å². The summed E-state index contributed by atoms with van der Waals surface area (Å²) < 4.78 is 5.17. The molecule has 1 aromatic rings. The molecule has 0 bridgehead atoms. The molecular formula is C18H26N2O4. The molecule has 0 aliphatic rings. The van der Waals surface area contributed by atoms with Crippen molar-refractivity contribution in [3.8, 4) is 0 Å². The van der Waals surface area contributed by atoms with E-state index in [1.807, 2.05) is 30.3 Å². The summed E-state index contributed by atoms with van der Waals surface area (Å²) in [4.78, 5) is 23.3. The van der Waals surface area contributed by atoms with Crippen LogP contribution in [-0.4, -0.2) is 34.4 Å². The first-order valence-electron chi connectivity index (χ1n) is 7.90. The van der Waals surface area contributed by atoms with Crippen LogP contribution in [0, 0.1) is 11.3 Å². The lowest BCUT2D eigenvalue weighted by molar-refractivity contribution is -0.157. The number of carbonyl (C=O) groups excluding carboxylic acids is 1. The van der Waals surface area contributed by atoms with Crippen LogP contribution in [0.25, 0.3) is 0 Å². The number of nitrogens with two attached hydrogens (primary N) is 1. The third-order valence-electron chi connectivity index (χ3n) is 3.35. The van der Waals surface area contributed by atoms with Crippen LogP contribution in [0.2, 0.25) is 0 Å². The monoisotopic (exact) mass is 334 g/mol. The predicted octanol–water partition coefficient (Wildman–Crippen LogP) is 2.40. The summed E-state index contributed by atoms with van der Waals surface area (Å²) in [6.45, 7) is 5.17. The summed E-state index contributed by atoms with van der Waals surface area (Å²) in [6.07, 6.45) is 0.383. The Kier molecular flexibility index (Phi) is 7.10. The van der Waals surface area contributed by atoms with Crippen molar-refractivity contribution in [1.82, 2.24) is 0 Å². The molecular weight excluding hydrogens is 308 g/mol. The number of rotatable bonds is 8. The molecule has 132 valence electrons. The van der Waals surface area contributed by atoms with E-state index in [1.54, 1.807) is 20.8 Å². The molecule has 0 amide bonds. The number of carbonyl (C=O) groups is 2. The van der Waals surface area contributed by atoms with Crippen molar-refractivity contribution in [3.05, 3.63) is 35.9 Å². The van der Waals surface area contributed by atoms with E-state index in [0.717, 1.165) is 5.56 Å². The number of esters is 1.